The maximum absolute atomic E-state index is 12.5. The summed E-state index contributed by atoms with van der Waals surface area (Å²) in [5, 5.41) is 14.5. The van der Waals surface area contributed by atoms with E-state index in [1.807, 2.05) is 24.3 Å². The van der Waals surface area contributed by atoms with E-state index < -0.39 is 17.5 Å². The normalized spacial score (nSPS) is 10.6. The van der Waals surface area contributed by atoms with Gasteiger partial charge in [-0.3, -0.25) is 14.9 Å². The summed E-state index contributed by atoms with van der Waals surface area (Å²) < 4.78 is 5.08. The Balaban J connectivity index is 1.77. The molecule has 8 nitrogen and oxygen atoms in total. The third-order valence-corrected chi connectivity index (χ3v) is 4.21. The number of carbonyl (C=O) groups is 2. The number of fused-ring (bicyclic) bond motifs is 1. The Morgan fingerprint density at radius 3 is 2.67 bits per heavy atom. The number of aromatic nitrogens is 1. The number of nitro groups is 1. The lowest BCUT2D eigenvalue weighted by atomic mass is 10.1. The summed E-state index contributed by atoms with van der Waals surface area (Å²) in [6.07, 6.45) is 0. The molecule has 0 atom stereocenters. The number of rotatable bonds is 6. The molecule has 138 valence electrons. The number of nitro benzene ring substituents is 1. The second kappa shape index (κ2) is 7.28. The van der Waals surface area contributed by atoms with E-state index in [-0.39, 0.29) is 22.7 Å². The second-order valence-corrected chi connectivity index (χ2v) is 5.91. The number of H-pyrrole nitrogens is 1. The maximum Gasteiger partial charge on any atom is 0.338 e. The number of aryl methyl sites for hydroxylation is 1. The number of Topliss-reactive ketones (excluding diaryl/α,β-unsaturated/α-hetero) is 1. The lowest BCUT2D eigenvalue weighted by Crippen LogP contribution is -2.15. The summed E-state index contributed by atoms with van der Waals surface area (Å²) in [5.41, 5.74) is 2.01. The lowest BCUT2D eigenvalue weighted by Gasteiger charge is -2.07. The summed E-state index contributed by atoms with van der Waals surface area (Å²) in [5.74, 6) is -1.15. The molecule has 0 spiro atoms. The van der Waals surface area contributed by atoms with E-state index in [9.17, 15) is 19.7 Å². The zero-order valence-electron chi connectivity index (χ0n) is 14.7. The predicted molar refractivity (Wildman–Crippen MR) is 100 cm³/mol. The Morgan fingerprint density at radius 1 is 1.22 bits per heavy atom. The fourth-order valence-electron chi connectivity index (χ4n) is 2.94. The monoisotopic (exact) mass is 367 g/mol. The number of ketones is 1. The smallest absolute Gasteiger partial charge is 0.338 e. The number of anilines is 1. The van der Waals surface area contributed by atoms with Crippen molar-refractivity contribution in [2.45, 2.75) is 6.92 Å². The van der Waals surface area contributed by atoms with Crippen LogP contribution in [-0.2, 0) is 4.74 Å². The van der Waals surface area contributed by atoms with E-state index >= 15 is 0 Å². The van der Waals surface area contributed by atoms with Crippen LogP contribution < -0.4 is 5.32 Å². The Bertz CT molecular complexity index is 1050. The Hall–Kier alpha value is -3.68. The van der Waals surface area contributed by atoms with Gasteiger partial charge in [-0.15, -0.1) is 0 Å². The molecule has 2 aromatic carbocycles. The molecular formula is C19H17N3O5. The van der Waals surface area contributed by atoms with Gasteiger partial charge in [0.15, 0.2) is 6.61 Å². The molecule has 1 heterocycles. The zero-order valence-corrected chi connectivity index (χ0v) is 14.7. The first-order valence-electron chi connectivity index (χ1n) is 8.16. The average molecular weight is 367 g/mol. The number of benzene rings is 2. The molecule has 27 heavy (non-hydrogen) atoms. The van der Waals surface area contributed by atoms with Crippen molar-refractivity contribution in [1.29, 1.82) is 0 Å². The van der Waals surface area contributed by atoms with Crippen LogP contribution in [0.4, 0.5) is 11.4 Å². The van der Waals surface area contributed by atoms with Crippen molar-refractivity contribution in [3.8, 4) is 0 Å². The fraction of sp³-hybridized carbons (Fsp3) is 0.158. The highest BCUT2D eigenvalue weighted by Gasteiger charge is 2.20. The van der Waals surface area contributed by atoms with Crippen molar-refractivity contribution in [2.75, 3.05) is 19.0 Å². The second-order valence-electron chi connectivity index (χ2n) is 5.91. The summed E-state index contributed by atoms with van der Waals surface area (Å²) in [6, 6.07) is 11.3. The van der Waals surface area contributed by atoms with Crippen LogP contribution in [-0.4, -0.2) is 35.3 Å². The van der Waals surface area contributed by atoms with E-state index in [0.717, 1.165) is 17.0 Å². The van der Waals surface area contributed by atoms with Crippen LogP contribution in [0.3, 0.4) is 0 Å². The van der Waals surface area contributed by atoms with E-state index in [1.165, 1.54) is 12.1 Å². The minimum atomic E-state index is -0.799. The molecule has 0 aliphatic rings. The van der Waals surface area contributed by atoms with Crippen LogP contribution in [0.25, 0.3) is 10.9 Å². The minimum Gasteiger partial charge on any atom is -0.454 e. The summed E-state index contributed by atoms with van der Waals surface area (Å²) in [4.78, 5) is 38.4. The van der Waals surface area contributed by atoms with Crippen LogP contribution >= 0.6 is 0 Å². The third kappa shape index (κ3) is 3.50. The van der Waals surface area contributed by atoms with E-state index in [4.69, 9.17) is 4.74 Å². The Labute approximate surface area is 154 Å². The Morgan fingerprint density at radius 2 is 1.96 bits per heavy atom. The van der Waals surface area contributed by atoms with Gasteiger partial charge in [-0.05, 0) is 25.1 Å². The minimum absolute atomic E-state index is 0.00384. The molecule has 0 saturated heterocycles. The largest absolute Gasteiger partial charge is 0.454 e. The van der Waals surface area contributed by atoms with Crippen molar-refractivity contribution in [3.63, 3.8) is 0 Å². The molecule has 0 bridgehead atoms. The van der Waals surface area contributed by atoms with Gasteiger partial charge in [0.1, 0.15) is 5.69 Å². The van der Waals surface area contributed by atoms with E-state index in [0.29, 0.717) is 11.3 Å². The Kier molecular flexibility index (Phi) is 4.89. The number of esters is 1. The first-order chi connectivity index (χ1) is 12.9. The molecule has 3 aromatic rings. The molecule has 0 unspecified atom stereocenters. The molecule has 0 saturated carbocycles. The van der Waals surface area contributed by atoms with Gasteiger partial charge in [0, 0.05) is 35.3 Å². The van der Waals surface area contributed by atoms with Crippen molar-refractivity contribution in [1.82, 2.24) is 4.98 Å². The number of nitrogens with zero attached hydrogens (tertiary/aromatic N) is 1. The zero-order chi connectivity index (χ0) is 19.6. The first kappa shape index (κ1) is 18.1. The topological polar surface area (TPSA) is 114 Å². The third-order valence-electron chi connectivity index (χ3n) is 4.21. The molecule has 1 aromatic heterocycles. The standard InChI is InChI=1S/C19H17N3O5/c1-11-18(13-5-3-4-6-14(13)21-11)17(23)10-27-19(24)12-7-8-15(20-2)16(9-12)22(25)26/h3-9,20-21H,10H2,1-2H3. The van der Waals surface area contributed by atoms with E-state index in [2.05, 4.69) is 10.3 Å². The molecule has 0 fully saturated rings. The summed E-state index contributed by atoms with van der Waals surface area (Å²) in [6.45, 7) is 1.32. The van der Waals surface area contributed by atoms with Crippen molar-refractivity contribution in [2.24, 2.45) is 0 Å². The highest BCUT2D eigenvalue weighted by molar-refractivity contribution is 6.10. The predicted octanol–water partition coefficient (Wildman–Crippen LogP) is 3.47. The summed E-state index contributed by atoms with van der Waals surface area (Å²) >= 11 is 0. The summed E-state index contributed by atoms with van der Waals surface area (Å²) in [7, 11) is 1.54. The van der Waals surface area contributed by atoms with Gasteiger partial charge < -0.3 is 15.0 Å². The van der Waals surface area contributed by atoms with Gasteiger partial charge in [0.25, 0.3) is 5.69 Å². The number of aromatic amines is 1. The van der Waals surface area contributed by atoms with Gasteiger partial charge in [0.05, 0.1) is 10.5 Å². The van der Waals surface area contributed by atoms with Crippen molar-refractivity contribution >= 4 is 34.0 Å². The quantitative estimate of drug-likeness (QED) is 0.298. The molecule has 0 aliphatic carbocycles. The molecule has 0 radical (unpaired) electrons. The van der Waals surface area contributed by atoms with Crippen LogP contribution in [0, 0.1) is 17.0 Å². The van der Waals surface area contributed by atoms with Crippen LogP contribution in [0.15, 0.2) is 42.5 Å². The molecule has 0 amide bonds. The van der Waals surface area contributed by atoms with Crippen LogP contribution in [0.5, 0.6) is 0 Å². The molecule has 8 heteroatoms. The fourth-order valence-corrected chi connectivity index (χ4v) is 2.94. The van der Waals surface area contributed by atoms with Gasteiger partial charge in [0.2, 0.25) is 5.78 Å². The van der Waals surface area contributed by atoms with Gasteiger partial charge in [-0.25, -0.2) is 4.79 Å². The van der Waals surface area contributed by atoms with E-state index in [1.54, 1.807) is 14.0 Å². The average Bonchev–Trinajstić information content (AvgIpc) is 3.00. The van der Waals surface area contributed by atoms with Gasteiger partial charge >= 0.3 is 5.97 Å². The van der Waals surface area contributed by atoms with Crippen LogP contribution in [0.2, 0.25) is 0 Å². The molecule has 3 rings (SSSR count). The molecule has 2 N–H and O–H groups in total. The first-order valence-corrected chi connectivity index (χ1v) is 8.16. The number of para-hydroxylation sites is 1. The number of carbonyl (C=O) groups excluding carboxylic acids is 2. The van der Waals surface area contributed by atoms with Gasteiger partial charge in [-0.1, -0.05) is 18.2 Å². The number of hydrogen-bond acceptors (Lipinski definition) is 6. The lowest BCUT2D eigenvalue weighted by molar-refractivity contribution is -0.384. The maximum atomic E-state index is 12.5. The van der Waals surface area contributed by atoms with Crippen LogP contribution in [0.1, 0.15) is 26.4 Å². The molecular weight excluding hydrogens is 350 g/mol. The van der Waals surface area contributed by atoms with Gasteiger partial charge in [-0.2, -0.15) is 0 Å². The number of hydrogen-bond donors (Lipinski definition) is 2. The highest BCUT2D eigenvalue weighted by atomic mass is 16.6. The van der Waals surface area contributed by atoms with Crippen molar-refractivity contribution < 1.29 is 19.2 Å². The number of ether oxygens (including phenoxy) is 1. The SMILES string of the molecule is CNc1ccc(C(=O)OCC(=O)c2c(C)[nH]c3ccccc23)cc1[N+](=O)[O-]. The highest BCUT2D eigenvalue weighted by Crippen LogP contribution is 2.26. The number of nitrogens with one attached hydrogen (secondary N) is 2. The molecule has 0 aliphatic heterocycles. The van der Waals surface area contributed by atoms with Crippen molar-refractivity contribution in [3.05, 3.63) is 69.4 Å².